The summed E-state index contributed by atoms with van der Waals surface area (Å²) in [5.74, 6) is -0.289. The number of amides is 2. The normalized spacial score (nSPS) is 11.4. The Bertz CT molecular complexity index is 706. The van der Waals surface area contributed by atoms with Crippen LogP contribution in [0.3, 0.4) is 0 Å². The Balaban J connectivity index is 3.27. The van der Waals surface area contributed by atoms with E-state index >= 15 is 0 Å². The van der Waals surface area contributed by atoms with E-state index in [1.807, 2.05) is 0 Å². The van der Waals surface area contributed by atoms with Gasteiger partial charge in [-0.25, -0.2) is 15.0 Å². The molecule has 0 saturated heterocycles. The fourth-order valence-corrected chi connectivity index (χ4v) is 2.43. The number of aromatic nitrogens is 2. The number of aliphatic imine (C=N–C) groups is 1. The molecule has 0 radical (unpaired) electrons. The summed E-state index contributed by atoms with van der Waals surface area (Å²) in [6.07, 6.45) is 2.81. The molecule has 0 aliphatic carbocycles. The van der Waals surface area contributed by atoms with Crippen molar-refractivity contribution in [1.29, 1.82) is 0 Å². The summed E-state index contributed by atoms with van der Waals surface area (Å²) in [7, 11) is -0.609. The van der Waals surface area contributed by atoms with Crippen LogP contribution >= 0.6 is 11.8 Å². The second kappa shape index (κ2) is 9.36. The van der Waals surface area contributed by atoms with E-state index in [0.29, 0.717) is 5.88 Å². The molecular formula is C11H18N6O6S2. The van der Waals surface area contributed by atoms with Crippen LogP contribution in [0.2, 0.25) is 0 Å². The second-order valence-corrected chi connectivity index (χ2v) is 6.34. The van der Waals surface area contributed by atoms with E-state index < -0.39 is 22.2 Å². The van der Waals surface area contributed by atoms with Gasteiger partial charge >= 0.3 is 16.2 Å². The predicted molar refractivity (Wildman–Crippen MR) is 91.8 cm³/mol. The molecule has 0 unspecified atom stereocenters. The maximum absolute atomic E-state index is 12.2. The van der Waals surface area contributed by atoms with Crippen LogP contribution in [0, 0.1) is 0 Å². The van der Waals surface area contributed by atoms with Gasteiger partial charge in [0.1, 0.15) is 6.34 Å². The molecule has 140 valence electrons. The highest BCUT2D eigenvalue weighted by Crippen LogP contribution is 2.21. The highest BCUT2D eigenvalue weighted by Gasteiger charge is 2.30. The van der Waals surface area contributed by atoms with E-state index in [-0.39, 0.29) is 16.1 Å². The van der Waals surface area contributed by atoms with Crippen LogP contribution in [0.25, 0.3) is 0 Å². The SMILES string of the molecule is COc1cc(OC)nc(N(C(=O)N=CN(CSC)OC)S(N)(=O)=O)n1. The van der Waals surface area contributed by atoms with Gasteiger partial charge in [0, 0.05) is 0 Å². The molecule has 2 N–H and O–H groups in total. The monoisotopic (exact) mass is 394 g/mol. The first-order valence-electron chi connectivity index (χ1n) is 6.44. The number of anilines is 1. The lowest BCUT2D eigenvalue weighted by atomic mass is 10.6. The van der Waals surface area contributed by atoms with E-state index in [9.17, 15) is 13.2 Å². The molecule has 0 aliphatic rings. The summed E-state index contributed by atoms with van der Waals surface area (Å²) >= 11 is 1.39. The Labute approximate surface area is 149 Å². The summed E-state index contributed by atoms with van der Waals surface area (Å²) in [4.78, 5) is 28.2. The van der Waals surface area contributed by atoms with Crippen molar-refractivity contribution < 1.29 is 27.5 Å². The van der Waals surface area contributed by atoms with Gasteiger partial charge in [-0.15, -0.1) is 16.1 Å². The van der Waals surface area contributed by atoms with Gasteiger partial charge in [0.15, 0.2) is 0 Å². The average Bonchev–Trinajstić information content (AvgIpc) is 2.56. The molecule has 1 rings (SSSR count). The van der Waals surface area contributed by atoms with Crippen molar-refractivity contribution in [3.05, 3.63) is 6.07 Å². The van der Waals surface area contributed by atoms with Crippen LogP contribution in [-0.4, -0.2) is 69.3 Å². The maximum atomic E-state index is 12.2. The Kier molecular flexibility index (Phi) is 7.82. The van der Waals surface area contributed by atoms with Crippen LogP contribution in [0.15, 0.2) is 11.1 Å². The van der Waals surface area contributed by atoms with E-state index in [1.165, 1.54) is 44.2 Å². The molecule has 1 aromatic rings. The molecular weight excluding hydrogens is 376 g/mol. The number of carbonyl (C=O) groups is 1. The van der Waals surface area contributed by atoms with Crippen molar-refractivity contribution in [2.24, 2.45) is 10.1 Å². The largest absolute Gasteiger partial charge is 0.481 e. The molecule has 25 heavy (non-hydrogen) atoms. The third kappa shape index (κ3) is 6.00. The van der Waals surface area contributed by atoms with Crippen molar-refractivity contribution in [3.63, 3.8) is 0 Å². The molecule has 2 amide bonds. The summed E-state index contributed by atoms with van der Waals surface area (Å²) in [5.41, 5.74) is 0. The van der Waals surface area contributed by atoms with Crippen LogP contribution in [-0.2, 0) is 15.0 Å². The lowest BCUT2D eigenvalue weighted by Crippen LogP contribution is -2.41. The van der Waals surface area contributed by atoms with E-state index in [1.54, 1.807) is 6.26 Å². The van der Waals surface area contributed by atoms with Crippen LogP contribution in [0.1, 0.15) is 0 Å². The summed E-state index contributed by atoms with van der Waals surface area (Å²) < 4.78 is 33.6. The molecule has 0 spiro atoms. The minimum Gasteiger partial charge on any atom is -0.481 e. The summed E-state index contributed by atoms with van der Waals surface area (Å²) in [6, 6.07) is 0.0462. The zero-order valence-corrected chi connectivity index (χ0v) is 15.6. The topological polar surface area (TPSA) is 150 Å². The minimum absolute atomic E-state index is 0.0341. The first kappa shape index (κ1) is 20.9. The lowest BCUT2D eigenvalue weighted by Gasteiger charge is -2.17. The molecule has 12 nitrogen and oxygen atoms in total. The smallest absolute Gasteiger partial charge is 0.367 e. The number of ether oxygens (including phenoxy) is 2. The van der Waals surface area contributed by atoms with Gasteiger partial charge in [-0.2, -0.15) is 23.4 Å². The Hall–Kier alpha value is -2.16. The van der Waals surface area contributed by atoms with Gasteiger partial charge in [0.25, 0.3) is 5.95 Å². The van der Waals surface area contributed by atoms with Crippen molar-refractivity contribution in [3.8, 4) is 11.8 Å². The quantitative estimate of drug-likeness (QED) is 0.272. The highest BCUT2D eigenvalue weighted by atomic mass is 32.2. The number of nitrogens with zero attached hydrogens (tertiary/aromatic N) is 5. The first-order valence-corrected chi connectivity index (χ1v) is 9.34. The van der Waals surface area contributed by atoms with E-state index in [0.717, 1.165) is 6.34 Å². The summed E-state index contributed by atoms with van der Waals surface area (Å²) in [5, 5.41) is 6.29. The molecule has 14 heteroatoms. The van der Waals surface area contributed by atoms with Crippen LogP contribution in [0.5, 0.6) is 11.8 Å². The van der Waals surface area contributed by atoms with Crippen molar-refractivity contribution in [2.75, 3.05) is 37.8 Å². The summed E-state index contributed by atoms with van der Waals surface area (Å²) in [6.45, 7) is 0. The third-order valence-electron chi connectivity index (χ3n) is 2.48. The number of urea groups is 1. The predicted octanol–water partition coefficient (Wildman–Crippen LogP) is -0.164. The molecule has 0 bridgehead atoms. The molecule has 0 fully saturated rings. The molecule has 0 atom stereocenters. The Morgan fingerprint density at radius 1 is 1.32 bits per heavy atom. The van der Waals surface area contributed by atoms with Gasteiger partial charge in [-0.05, 0) is 6.26 Å². The fraction of sp³-hybridized carbons (Fsp3) is 0.455. The number of nitrogens with two attached hydrogens (primary N) is 1. The fourth-order valence-electron chi connectivity index (χ4n) is 1.43. The van der Waals surface area contributed by atoms with E-state index in [2.05, 4.69) is 15.0 Å². The first-order chi connectivity index (χ1) is 11.8. The van der Waals surface area contributed by atoms with Gasteiger partial charge < -0.3 is 9.47 Å². The van der Waals surface area contributed by atoms with Crippen molar-refractivity contribution >= 4 is 40.3 Å². The van der Waals surface area contributed by atoms with Crippen molar-refractivity contribution in [2.45, 2.75) is 0 Å². The number of thioether (sulfide) groups is 1. The zero-order valence-electron chi connectivity index (χ0n) is 13.9. The lowest BCUT2D eigenvalue weighted by molar-refractivity contribution is -0.0422. The minimum atomic E-state index is -4.56. The average molecular weight is 394 g/mol. The number of hydroxylamine groups is 2. The molecule has 0 aliphatic heterocycles. The molecule has 1 aromatic heterocycles. The number of methoxy groups -OCH3 is 2. The van der Waals surface area contributed by atoms with Crippen molar-refractivity contribution in [1.82, 2.24) is 15.0 Å². The highest BCUT2D eigenvalue weighted by molar-refractivity contribution is 7.98. The maximum Gasteiger partial charge on any atom is 0.367 e. The number of carbonyl (C=O) groups excluding carboxylic acids is 1. The Morgan fingerprint density at radius 2 is 1.88 bits per heavy atom. The zero-order chi connectivity index (χ0) is 19.0. The van der Waals surface area contributed by atoms with Crippen LogP contribution < -0.4 is 18.9 Å². The molecule has 0 aromatic carbocycles. The van der Waals surface area contributed by atoms with Gasteiger partial charge in [-0.1, -0.05) is 0 Å². The second-order valence-electron chi connectivity index (χ2n) is 4.11. The van der Waals surface area contributed by atoms with Gasteiger partial charge in [0.2, 0.25) is 11.8 Å². The van der Waals surface area contributed by atoms with E-state index in [4.69, 9.17) is 19.5 Å². The van der Waals surface area contributed by atoms with Gasteiger partial charge in [-0.3, -0.25) is 4.84 Å². The Morgan fingerprint density at radius 3 is 2.28 bits per heavy atom. The van der Waals surface area contributed by atoms with Gasteiger partial charge in [0.05, 0.1) is 33.3 Å². The number of hydrogen-bond donors (Lipinski definition) is 1. The van der Waals surface area contributed by atoms with Crippen LogP contribution in [0.4, 0.5) is 10.7 Å². The third-order valence-corrected chi connectivity index (χ3v) is 3.82. The number of rotatable bonds is 8. The molecule has 0 saturated carbocycles. The molecule has 1 heterocycles. The number of hydrogen-bond acceptors (Lipinski definition) is 9. The standard InChI is InChI=1S/C11H18N6O6S2/c1-21-8-5-9(22-2)15-10(14-8)17(25(12,19)20)11(18)13-6-16(23-3)7-24-4/h5-6H,7H2,1-4H3,(H2,12,19,20).